The fourth-order valence-electron chi connectivity index (χ4n) is 4.53. The van der Waals surface area contributed by atoms with Crippen molar-refractivity contribution < 1.29 is 9.53 Å². The lowest BCUT2D eigenvalue weighted by Crippen LogP contribution is -2.47. The average Bonchev–Trinajstić information content (AvgIpc) is 3.20. The molecule has 3 heterocycles. The number of fused-ring (bicyclic) bond motifs is 1. The lowest BCUT2D eigenvalue weighted by Gasteiger charge is -2.34. The number of benzene rings is 2. The lowest BCUT2D eigenvalue weighted by molar-refractivity contribution is -0.130. The van der Waals surface area contributed by atoms with Gasteiger partial charge in [-0.05, 0) is 17.7 Å². The van der Waals surface area contributed by atoms with Crippen LogP contribution in [-0.2, 0) is 24.4 Å². The summed E-state index contributed by atoms with van der Waals surface area (Å²) in [5.41, 5.74) is 3.73. The molecule has 1 fully saturated rings. The van der Waals surface area contributed by atoms with E-state index >= 15 is 0 Å². The summed E-state index contributed by atoms with van der Waals surface area (Å²) >= 11 is 1.77. The molecule has 33 heavy (non-hydrogen) atoms. The fourth-order valence-corrected chi connectivity index (χ4v) is 5.49. The zero-order valence-corrected chi connectivity index (χ0v) is 19.9. The van der Waals surface area contributed by atoms with Crippen LogP contribution in [0.3, 0.4) is 0 Å². The molecule has 2 aliphatic rings. The van der Waals surface area contributed by atoms with Gasteiger partial charge >= 0.3 is 0 Å². The molecule has 1 amide bonds. The Bertz CT molecular complexity index is 1090. The van der Waals surface area contributed by atoms with Crippen LogP contribution in [0.2, 0.25) is 0 Å². The van der Waals surface area contributed by atoms with Crippen LogP contribution >= 0.6 is 11.3 Å². The molecule has 6 nitrogen and oxygen atoms in total. The maximum absolute atomic E-state index is 11.6. The molecule has 0 spiro atoms. The van der Waals surface area contributed by atoms with Gasteiger partial charge in [0.2, 0.25) is 5.91 Å². The molecule has 5 rings (SSSR count). The number of amides is 1. The quantitative estimate of drug-likeness (QED) is 0.576. The van der Waals surface area contributed by atoms with E-state index in [0.29, 0.717) is 6.61 Å². The van der Waals surface area contributed by atoms with Gasteiger partial charge in [0.25, 0.3) is 0 Å². The molecular formula is C26H30N4O2S. The van der Waals surface area contributed by atoms with Crippen LogP contribution in [0.25, 0.3) is 10.6 Å². The Morgan fingerprint density at radius 1 is 1.00 bits per heavy atom. The molecule has 1 saturated heterocycles. The van der Waals surface area contributed by atoms with Crippen LogP contribution < -0.4 is 4.74 Å². The molecule has 2 aliphatic heterocycles. The Labute approximate surface area is 199 Å². The van der Waals surface area contributed by atoms with Crippen LogP contribution in [0.4, 0.5) is 0 Å². The maximum Gasteiger partial charge on any atom is 0.219 e. The first-order chi connectivity index (χ1) is 16.1. The molecule has 0 saturated carbocycles. The lowest BCUT2D eigenvalue weighted by atomic mass is 10.1. The van der Waals surface area contributed by atoms with Crippen molar-refractivity contribution in [3.63, 3.8) is 0 Å². The fraction of sp³-hybridized carbons (Fsp3) is 0.385. The summed E-state index contributed by atoms with van der Waals surface area (Å²) in [5, 5.41) is 1.07. The van der Waals surface area contributed by atoms with Gasteiger partial charge in [0.15, 0.2) is 0 Å². The standard InChI is InChI=1S/C26H30N4O2S/c1-20(31)30-11-9-28(10-12-30)17-21-7-8-25-23(15-21)18-29(13-14-32-25)19-24-16-27-26(33-24)22-5-3-2-4-6-22/h2-8,15-16H,9-14,17-19H2,1H3. The van der Waals surface area contributed by atoms with Crippen molar-refractivity contribution in [2.24, 2.45) is 0 Å². The molecule has 1 aromatic heterocycles. The minimum absolute atomic E-state index is 0.175. The van der Waals surface area contributed by atoms with Crippen LogP contribution in [0.1, 0.15) is 22.9 Å². The highest BCUT2D eigenvalue weighted by atomic mass is 32.1. The normalized spacial score (nSPS) is 17.3. The minimum atomic E-state index is 0.175. The zero-order chi connectivity index (χ0) is 22.6. The third-order valence-electron chi connectivity index (χ3n) is 6.36. The predicted molar refractivity (Wildman–Crippen MR) is 131 cm³/mol. The van der Waals surface area contributed by atoms with Gasteiger partial charge in [0.05, 0.1) is 0 Å². The number of rotatable bonds is 5. The molecule has 0 radical (unpaired) electrons. The second kappa shape index (κ2) is 10.0. The molecule has 0 atom stereocenters. The summed E-state index contributed by atoms with van der Waals surface area (Å²) in [6.07, 6.45) is 2.01. The number of carbonyl (C=O) groups is 1. The number of hydrogen-bond acceptors (Lipinski definition) is 6. The summed E-state index contributed by atoms with van der Waals surface area (Å²) in [4.78, 5) is 24.3. The number of piperazine rings is 1. The Kier molecular flexibility index (Phi) is 6.71. The van der Waals surface area contributed by atoms with E-state index in [9.17, 15) is 4.79 Å². The van der Waals surface area contributed by atoms with Crippen molar-refractivity contribution in [1.29, 1.82) is 0 Å². The number of carbonyl (C=O) groups excluding carboxylic acids is 1. The van der Waals surface area contributed by atoms with Gasteiger partial charge in [-0.2, -0.15) is 0 Å². The number of thiazole rings is 1. The van der Waals surface area contributed by atoms with E-state index in [2.05, 4.69) is 57.2 Å². The van der Waals surface area contributed by atoms with Gasteiger partial charge in [0.1, 0.15) is 17.4 Å². The van der Waals surface area contributed by atoms with E-state index in [4.69, 9.17) is 4.74 Å². The summed E-state index contributed by atoms with van der Waals surface area (Å²) in [5.74, 6) is 1.17. The average molecular weight is 463 g/mol. The number of hydrogen-bond donors (Lipinski definition) is 0. The number of ether oxygens (including phenoxy) is 1. The Morgan fingerprint density at radius 3 is 2.61 bits per heavy atom. The summed E-state index contributed by atoms with van der Waals surface area (Å²) < 4.78 is 6.06. The Hall–Kier alpha value is -2.74. The highest BCUT2D eigenvalue weighted by Crippen LogP contribution is 2.29. The minimum Gasteiger partial charge on any atom is -0.492 e. The Morgan fingerprint density at radius 2 is 1.82 bits per heavy atom. The third-order valence-corrected chi connectivity index (χ3v) is 7.39. The van der Waals surface area contributed by atoms with Crippen LogP contribution in [0.15, 0.2) is 54.7 Å². The van der Waals surface area contributed by atoms with Gasteiger partial charge in [-0.25, -0.2) is 4.98 Å². The van der Waals surface area contributed by atoms with Crippen molar-refractivity contribution in [3.05, 3.63) is 70.7 Å². The van der Waals surface area contributed by atoms with Crippen molar-refractivity contribution in [3.8, 4) is 16.3 Å². The number of nitrogens with zero attached hydrogens (tertiary/aromatic N) is 4. The van der Waals surface area contributed by atoms with Gasteiger partial charge < -0.3 is 9.64 Å². The van der Waals surface area contributed by atoms with Gasteiger partial charge in [-0.1, -0.05) is 36.4 Å². The molecule has 0 N–H and O–H groups in total. The zero-order valence-electron chi connectivity index (χ0n) is 19.1. The third kappa shape index (κ3) is 5.43. The second-order valence-corrected chi connectivity index (χ2v) is 9.90. The molecule has 172 valence electrons. The molecule has 7 heteroatoms. The van der Waals surface area contributed by atoms with E-state index in [1.807, 2.05) is 17.2 Å². The van der Waals surface area contributed by atoms with E-state index < -0.39 is 0 Å². The molecular weight excluding hydrogens is 432 g/mol. The Balaban J connectivity index is 1.23. The van der Waals surface area contributed by atoms with Gasteiger partial charge in [0, 0.05) is 81.5 Å². The van der Waals surface area contributed by atoms with Crippen molar-refractivity contribution >= 4 is 17.2 Å². The van der Waals surface area contributed by atoms with E-state index in [0.717, 1.165) is 63.1 Å². The van der Waals surface area contributed by atoms with Crippen LogP contribution in [-0.4, -0.2) is 64.9 Å². The van der Waals surface area contributed by atoms with E-state index in [1.165, 1.54) is 21.6 Å². The summed E-state index contributed by atoms with van der Waals surface area (Å²) in [7, 11) is 0. The highest BCUT2D eigenvalue weighted by molar-refractivity contribution is 7.15. The topological polar surface area (TPSA) is 48.9 Å². The van der Waals surface area contributed by atoms with E-state index in [-0.39, 0.29) is 5.91 Å². The molecule has 3 aromatic rings. The predicted octanol–water partition coefficient (Wildman–Crippen LogP) is 3.87. The van der Waals surface area contributed by atoms with Crippen molar-refractivity contribution in [2.75, 3.05) is 39.3 Å². The van der Waals surface area contributed by atoms with Gasteiger partial charge in [-0.15, -0.1) is 11.3 Å². The smallest absolute Gasteiger partial charge is 0.219 e. The monoisotopic (exact) mass is 462 g/mol. The first kappa shape index (κ1) is 22.1. The van der Waals surface area contributed by atoms with E-state index in [1.54, 1.807) is 18.3 Å². The first-order valence-electron chi connectivity index (χ1n) is 11.6. The first-order valence-corrected chi connectivity index (χ1v) is 12.4. The second-order valence-electron chi connectivity index (χ2n) is 8.78. The highest BCUT2D eigenvalue weighted by Gasteiger charge is 2.20. The largest absolute Gasteiger partial charge is 0.492 e. The van der Waals surface area contributed by atoms with Crippen LogP contribution in [0, 0.1) is 0 Å². The SMILES string of the molecule is CC(=O)N1CCN(Cc2ccc3c(c2)CN(Cc2cnc(-c4ccccc4)s2)CCO3)CC1. The summed E-state index contributed by atoms with van der Waals surface area (Å²) in [6.45, 7) is 9.40. The summed E-state index contributed by atoms with van der Waals surface area (Å²) in [6, 6.07) is 17.0. The molecule has 0 aliphatic carbocycles. The molecule has 0 bridgehead atoms. The maximum atomic E-state index is 11.6. The number of aromatic nitrogens is 1. The van der Waals surface area contributed by atoms with Crippen molar-refractivity contribution in [1.82, 2.24) is 19.7 Å². The van der Waals surface area contributed by atoms with Crippen LogP contribution in [0.5, 0.6) is 5.75 Å². The molecule has 0 unspecified atom stereocenters. The molecule has 2 aromatic carbocycles. The van der Waals surface area contributed by atoms with Gasteiger partial charge in [-0.3, -0.25) is 14.6 Å². The van der Waals surface area contributed by atoms with Crippen molar-refractivity contribution in [2.45, 2.75) is 26.6 Å².